The lowest BCUT2D eigenvalue weighted by Gasteiger charge is -1.82. The Labute approximate surface area is 50.9 Å². The van der Waals surface area contributed by atoms with Crippen molar-refractivity contribution in [1.29, 1.82) is 0 Å². The summed E-state index contributed by atoms with van der Waals surface area (Å²) in [7, 11) is 0. The highest BCUT2D eigenvalue weighted by Gasteiger charge is 1.76. The van der Waals surface area contributed by atoms with E-state index in [9.17, 15) is 0 Å². The van der Waals surface area contributed by atoms with Gasteiger partial charge in [0.1, 0.15) is 0 Å². The smallest absolute Gasteiger partial charge is 0.0295 e. The van der Waals surface area contributed by atoms with Gasteiger partial charge in [0, 0.05) is 12.0 Å². The fourth-order valence-electron chi connectivity index (χ4n) is 0.259. The molecule has 0 unspecified atom stereocenters. The summed E-state index contributed by atoms with van der Waals surface area (Å²) in [6.45, 7) is 7.47. The molecule has 0 atom stereocenters. The molecule has 0 aromatic heterocycles. The Morgan fingerprint density at radius 3 is 2.50 bits per heavy atom. The summed E-state index contributed by atoms with van der Waals surface area (Å²) in [5.74, 6) is 6.17. The minimum atomic E-state index is 0.444. The molecule has 0 aromatic rings. The second kappa shape index (κ2) is 4.24. The number of allylic oxidation sites excluding steroid dienone is 1. The Balaban J connectivity index is 3.67. The van der Waals surface area contributed by atoms with E-state index in [2.05, 4.69) is 24.2 Å². The Kier molecular flexibility index (Phi) is 3.76. The molecule has 8 heavy (non-hydrogen) atoms. The van der Waals surface area contributed by atoms with Crippen LogP contribution in [0.2, 0.25) is 0 Å². The molecule has 0 nitrogen and oxygen atoms in total. The Morgan fingerprint density at radius 2 is 2.12 bits per heavy atom. The minimum absolute atomic E-state index is 0.444. The van der Waals surface area contributed by atoms with E-state index < -0.39 is 0 Å². The van der Waals surface area contributed by atoms with Crippen LogP contribution in [0.1, 0.15) is 13.8 Å². The summed E-state index contributed by atoms with van der Waals surface area (Å²) in [6, 6.07) is 0. The highest BCUT2D eigenvalue weighted by atomic mass is 13.8. The van der Waals surface area contributed by atoms with E-state index in [0.717, 1.165) is 0 Å². The zero-order valence-electron chi connectivity index (χ0n) is 5.36. The maximum Gasteiger partial charge on any atom is 0.0295 e. The van der Waals surface area contributed by atoms with Gasteiger partial charge in [0.2, 0.25) is 0 Å². The topological polar surface area (TPSA) is 0 Å². The Hall–Kier alpha value is -0.920. The second-order valence-electron chi connectivity index (χ2n) is 1.79. The molecule has 0 bridgehead atoms. The minimum Gasteiger partial charge on any atom is -0.120 e. The predicted molar refractivity (Wildman–Crippen MR) is 36.3 cm³/mol. The molecule has 0 saturated carbocycles. The van der Waals surface area contributed by atoms with Crippen LogP contribution in [0, 0.1) is 17.8 Å². The number of rotatable bonds is 0. The summed E-state index contributed by atoms with van der Waals surface area (Å²) in [4.78, 5) is 0. The van der Waals surface area contributed by atoms with Crippen molar-refractivity contribution in [2.75, 3.05) is 0 Å². The maximum absolute atomic E-state index is 3.37. The van der Waals surface area contributed by atoms with Gasteiger partial charge in [-0.15, -0.1) is 5.73 Å². The summed E-state index contributed by atoms with van der Waals surface area (Å²) in [5.41, 5.74) is 2.57. The summed E-state index contributed by atoms with van der Waals surface area (Å²) < 4.78 is 0. The fraction of sp³-hybridized carbons (Fsp3) is 0.375. The summed E-state index contributed by atoms with van der Waals surface area (Å²) in [5, 5.41) is 0. The lowest BCUT2D eigenvalue weighted by atomic mass is 10.2. The van der Waals surface area contributed by atoms with E-state index in [-0.39, 0.29) is 0 Å². The van der Waals surface area contributed by atoms with E-state index >= 15 is 0 Å². The van der Waals surface area contributed by atoms with Crippen molar-refractivity contribution in [3.63, 3.8) is 0 Å². The SMILES string of the molecule is C=C=CC#CC(C)C. The third-order valence-electron chi connectivity index (χ3n) is 0.546. The van der Waals surface area contributed by atoms with Gasteiger partial charge >= 0.3 is 0 Å². The lowest BCUT2D eigenvalue weighted by Crippen LogP contribution is -1.75. The molecule has 0 aliphatic carbocycles. The molecule has 0 spiro atoms. The van der Waals surface area contributed by atoms with Crippen LogP contribution in [0.15, 0.2) is 18.4 Å². The standard InChI is InChI=1S/C8H10/c1-4-5-6-7-8(2)3/h5,8H,1H2,2-3H3. The molecule has 0 N–H and O–H groups in total. The number of hydrogen-bond acceptors (Lipinski definition) is 0. The molecule has 0 aromatic carbocycles. The van der Waals surface area contributed by atoms with Crippen LogP contribution < -0.4 is 0 Å². The molecule has 42 valence electrons. The van der Waals surface area contributed by atoms with Crippen molar-refractivity contribution in [2.45, 2.75) is 13.8 Å². The molecule has 0 fully saturated rings. The molecular weight excluding hydrogens is 96.1 g/mol. The maximum atomic E-state index is 3.37. The van der Waals surface area contributed by atoms with E-state index in [1.54, 1.807) is 6.08 Å². The monoisotopic (exact) mass is 106 g/mol. The lowest BCUT2D eigenvalue weighted by molar-refractivity contribution is 0.867. The van der Waals surface area contributed by atoms with Gasteiger partial charge in [0.15, 0.2) is 0 Å². The summed E-state index contributed by atoms with van der Waals surface area (Å²) >= 11 is 0. The first kappa shape index (κ1) is 7.08. The van der Waals surface area contributed by atoms with Gasteiger partial charge in [0.05, 0.1) is 0 Å². The van der Waals surface area contributed by atoms with Crippen LogP contribution in [0.4, 0.5) is 0 Å². The third kappa shape index (κ3) is 5.08. The first-order valence-corrected chi connectivity index (χ1v) is 2.62. The van der Waals surface area contributed by atoms with E-state index in [4.69, 9.17) is 0 Å². The van der Waals surface area contributed by atoms with E-state index in [0.29, 0.717) is 5.92 Å². The van der Waals surface area contributed by atoms with Crippen LogP contribution in [0.25, 0.3) is 0 Å². The first-order valence-electron chi connectivity index (χ1n) is 2.62. The van der Waals surface area contributed by atoms with Crippen LogP contribution in [0.3, 0.4) is 0 Å². The van der Waals surface area contributed by atoms with Crippen LogP contribution >= 0.6 is 0 Å². The normalized spacial score (nSPS) is 6.88. The van der Waals surface area contributed by atoms with Crippen molar-refractivity contribution in [3.05, 3.63) is 18.4 Å². The molecule has 0 heteroatoms. The summed E-state index contributed by atoms with van der Waals surface area (Å²) in [6.07, 6.45) is 1.62. The zero-order chi connectivity index (χ0) is 6.41. The van der Waals surface area contributed by atoms with Gasteiger partial charge in [-0.2, -0.15) is 0 Å². The average Bonchev–Trinajstić information content (AvgIpc) is 1.66. The van der Waals surface area contributed by atoms with Crippen molar-refractivity contribution in [2.24, 2.45) is 5.92 Å². The Bertz CT molecular complexity index is 147. The van der Waals surface area contributed by atoms with Gasteiger partial charge in [-0.1, -0.05) is 32.3 Å². The van der Waals surface area contributed by atoms with Crippen LogP contribution in [-0.4, -0.2) is 0 Å². The van der Waals surface area contributed by atoms with Crippen molar-refractivity contribution < 1.29 is 0 Å². The predicted octanol–water partition coefficient (Wildman–Crippen LogP) is 1.99. The highest BCUT2D eigenvalue weighted by molar-refractivity contribution is 5.14. The fourth-order valence-corrected chi connectivity index (χ4v) is 0.259. The van der Waals surface area contributed by atoms with Crippen molar-refractivity contribution in [1.82, 2.24) is 0 Å². The van der Waals surface area contributed by atoms with Crippen LogP contribution in [-0.2, 0) is 0 Å². The van der Waals surface area contributed by atoms with Gasteiger partial charge in [-0.25, -0.2) is 0 Å². The molecule has 0 heterocycles. The molecular formula is C8H10. The molecule has 0 rings (SSSR count). The Morgan fingerprint density at radius 1 is 1.50 bits per heavy atom. The van der Waals surface area contributed by atoms with E-state index in [1.807, 2.05) is 13.8 Å². The van der Waals surface area contributed by atoms with Gasteiger partial charge in [-0.3, -0.25) is 0 Å². The zero-order valence-corrected chi connectivity index (χ0v) is 5.36. The molecule has 0 radical (unpaired) electrons. The number of hydrogen-bond donors (Lipinski definition) is 0. The van der Waals surface area contributed by atoms with Gasteiger partial charge < -0.3 is 0 Å². The average molecular weight is 106 g/mol. The largest absolute Gasteiger partial charge is 0.120 e. The van der Waals surface area contributed by atoms with Gasteiger partial charge in [0.25, 0.3) is 0 Å². The molecule has 0 aliphatic rings. The molecule has 0 amide bonds. The second-order valence-corrected chi connectivity index (χ2v) is 1.79. The van der Waals surface area contributed by atoms with Crippen LogP contribution in [0.5, 0.6) is 0 Å². The van der Waals surface area contributed by atoms with E-state index in [1.165, 1.54) is 0 Å². The molecule has 0 aliphatic heterocycles. The molecule has 0 saturated heterocycles. The quantitative estimate of drug-likeness (QED) is 0.327. The van der Waals surface area contributed by atoms with Crippen molar-refractivity contribution >= 4 is 0 Å². The first-order chi connectivity index (χ1) is 3.77. The van der Waals surface area contributed by atoms with Gasteiger partial charge in [-0.05, 0) is 0 Å². The van der Waals surface area contributed by atoms with Crippen molar-refractivity contribution in [3.8, 4) is 11.8 Å². The third-order valence-corrected chi connectivity index (χ3v) is 0.546. The highest BCUT2D eigenvalue weighted by Crippen LogP contribution is 1.84.